The van der Waals surface area contributed by atoms with Crippen molar-refractivity contribution in [3.8, 4) is 0 Å². The molecule has 1 unspecified atom stereocenters. The van der Waals surface area contributed by atoms with Gasteiger partial charge in [-0.1, -0.05) is 27.2 Å². The third kappa shape index (κ3) is 1.94. The van der Waals surface area contributed by atoms with Crippen LogP contribution < -0.4 is 0 Å². The topological polar surface area (TPSA) is 20.2 Å². The quantitative estimate of drug-likeness (QED) is 0.738. The summed E-state index contributed by atoms with van der Waals surface area (Å²) in [6, 6.07) is 0. The lowest BCUT2D eigenvalue weighted by molar-refractivity contribution is -0.103. The van der Waals surface area contributed by atoms with Crippen LogP contribution in [0.3, 0.4) is 0 Å². The Morgan fingerprint density at radius 2 is 1.72 bits per heavy atom. The molecule has 0 aromatic rings. The Bertz CT molecular complexity index is 309. The molecule has 1 heteroatoms. The second kappa shape index (κ2) is 4.51. The second-order valence-corrected chi connectivity index (χ2v) is 8.03. The summed E-state index contributed by atoms with van der Waals surface area (Å²) in [5, 5.41) is 9.96. The van der Waals surface area contributed by atoms with E-state index in [0.29, 0.717) is 5.41 Å². The van der Waals surface area contributed by atoms with Crippen LogP contribution in [0, 0.1) is 35.0 Å². The molecule has 0 aromatic heterocycles. The summed E-state index contributed by atoms with van der Waals surface area (Å²) in [6.45, 7) is 7.52. The van der Waals surface area contributed by atoms with Gasteiger partial charge in [0, 0.05) is 0 Å². The third-order valence-corrected chi connectivity index (χ3v) is 7.07. The van der Waals surface area contributed by atoms with E-state index in [1.54, 1.807) is 0 Å². The predicted molar refractivity (Wildman–Crippen MR) is 75.2 cm³/mol. The molecule has 4 rings (SSSR count). The van der Waals surface area contributed by atoms with Gasteiger partial charge in [-0.2, -0.15) is 0 Å². The van der Waals surface area contributed by atoms with Gasteiger partial charge < -0.3 is 5.11 Å². The second-order valence-electron chi connectivity index (χ2n) is 8.03. The first kappa shape index (κ1) is 13.0. The zero-order chi connectivity index (χ0) is 12.9. The highest BCUT2D eigenvalue weighted by Gasteiger charge is 2.52. The van der Waals surface area contributed by atoms with Crippen LogP contribution in [0.5, 0.6) is 0 Å². The van der Waals surface area contributed by atoms with Crippen molar-refractivity contribution in [1.29, 1.82) is 0 Å². The molecular formula is C17H30O. The fraction of sp³-hybridized carbons (Fsp3) is 1.00. The van der Waals surface area contributed by atoms with Crippen LogP contribution in [-0.2, 0) is 0 Å². The summed E-state index contributed by atoms with van der Waals surface area (Å²) < 4.78 is 0. The van der Waals surface area contributed by atoms with Crippen molar-refractivity contribution >= 4 is 0 Å². The standard InChI is InChI=1S/C17H30O/c1-11-12-7-8-16(17(11,2)3)15(10-12)13-5-4-6-14(18)9-13/h11-16,18H,4-10H2,1-3H3/t11-,12-,13?,14-,15-,16+/m1/s1. The van der Waals surface area contributed by atoms with Gasteiger partial charge in [-0.25, -0.2) is 0 Å². The van der Waals surface area contributed by atoms with Crippen molar-refractivity contribution in [3.63, 3.8) is 0 Å². The van der Waals surface area contributed by atoms with E-state index in [1.807, 2.05) is 0 Å². The van der Waals surface area contributed by atoms with Gasteiger partial charge >= 0.3 is 0 Å². The maximum absolute atomic E-state index is 9.96. The van der Waals surface area contributed by atoms with Crippen molar-refractivity contribution < 1.29 is 5.11 Å². The van der Waals surface area contributed by atoms with Gasteiger partial charge in [-0.05, 0) is 73.5 Å². The summed E-state index contributed by atoms with van der Waals surface area (Å²) in [5.74, 6) is 4.54. The number of aliphatic hydroxyl groups is 1. The molecule has 0 heterocycles. The molecule has 104 valence electrons. The lowest BCUT2D eigenvalue weighted by Crippen LogP contribution is -2.51. The maximum atomic E-state index is 9.96. The van der Waals surface area contributed by atoms with Crippen molar-refractivity contribution in [3.05, 3.63) is 0 Å². The lowest BCUT2D eigenvalue weighted by Gasteiger charge is -2.59. The molecule has 18 heavy (non-hydrogen) atoms. The van der Waals surface area contributed by atoms with Crippen molar-refractivity contribution in [1.82, 2.24) is 0 Å². The Morgan fingerprint density at radius 1 is 0.944 bits per heavy atom. The Labute approximate surface area is 112 Å². The van der Waals surface area contributed by atoms with Crippen LogP contribution >= 0.6 is 0 Å². The fourth-order valence-corrected chi connectivity index (χ4v) is 5.67. The number of rotatable bonds is 1. The predicted octanol–water partition coefficient (Wildman–Crippen LogP) is 4.25. The largest absolute Gasteiger partial charge is 0.393 e. The first-order valence-electron chi connectivity index (χ1n) is 8.18. The number of aliphatic hydroxyl groups excluding tert-OH is 1. The van der Waals surface area contributed by atoms with Gasteiger partial charge in [-0.3, -0.25) is 0 Å². The van der Waals surface area contributed by atoms with Gasteiger partial charge in [-0.15, -0.1) is 0 Å². The van der Waals surface area contributed by atoms with Crippen LogP contribution in [0.25, 0.3) is 0 Å². The van der Waals surface area contributed by atoms with E-state index in [2.05, 4.69) is 20.8 Å². The van der Waals surface area contributed by atoms with E-state index in [0.717, 1.165) is 42.4 Å². The first-order valence-corrected chi connectivity index (χ1v) is 8.18. The third-order valence-electron chi connectivity index (χ3n) is 7.07. The zero-order valence-electron chi connectivity index (χ0n) is 12.4. The monoisotopic (exact) mass is 250 g/mol. The molecule has 4 aliphatic rings. The van der Waals surface area contributed by atoms with E-state index in [9.17, 15) is 5.11 Å². The van der Waals surface area contributed by atoms with Crippen molar-refractivity contribution in [2.45, 2.75) is 71.8 Å². The molecule has 0 aromatic carbocycles. The summed E-state index contributed by atoms with van der Waals surface area (Å²) >= 11 is 0. The highest BCUT2D eigenvalue weighted by Crippen LogP contribution is 2.60. The van der Waals surface area contributed by atoms with E-state index < -0.39 is 0 Å². The number of hydrogen-bond donors (Lipinski definition) is 1. The van der Waals surface area contributed by atoms with E-state index in [4.69, 9.17) is 0 Å². The molecule has 4 aliphatic carbocycles. The summed E-state index contributed by atoms with van der Waals surface area (Å²) in [4.78, 5) is 0. The molecule has 0 radical (unpaired) electrons. The number of fused-ring (bicyclic) bond motifs is 3. The van der Waals surface area contributed by atoms with Crippen LogP contribution in [0.4, 0.5) is 0 Å². The zero-order valence-corrected chi connectivity index (χ0v) is 12.4. The Morgan fingerprint density at radius 3 is 2.39 bits per heavy atom. The van der Waals surface area contributed by atoms with Crippen LogP contribution in [0.15, 0.2) is 0 Å². The Kier molecular flexibility index (Phi) is 3.25. The molecule has 0 spiro atoms. The minimum absolute atomic E-state index is 0.00439. The lowest BCUT2D eigenvalue weighted by atomic mass is 9.46. The van der Waals surface area contributed by atoms with E-state index in [1.165, 1.54) is 32.1 Å². The molecule has 2 bridgehead atoms. The van der Waals surface area contributed by atoms with E-state index in [-0.39, 0.29) is 6.10 Å². The minimum atomic E-state index is 0.00439. The fourth-order valence-electron chi connectivity index (χ4n) is 5.67. The average Bonchev–Trinajstić information content (AvgIpc) is 2.35. The molecular weight excluding hydrogens is 220 g/mol. The highest BCUT2D eigenvalue weighted by atomic mass is 16.3. The van der Waals surface area contributed by atoms with Gasteiger partial charge in [0.25, 0.3) is 0 Å². The summed E-state index contributed by atoms with van der Waals surface area (Å²) in [7, 11) is 0. The van der Waals surface area contributed by atoms with Crippen molar-refractivity contribution in [2.75, 3.05) is 0 Å². The first-order chi connectivity index (χ1) is 8.50. The average molecular weight is 250 g/mol. The normalized spacial score (nSPS) is 51.3. The molecule has 0 amide bonds. The Balaban J connectivity index is 1.78. The molecule has 1 N–H and O–H groups in total. The Hall–Kier alpha value is -0.0400. The number of hydrogen-bond acceptors (Lipinski definition) is 1. The summed E-state index contributed by atoms with van der Waals surface area (Å²) in [5.41, 5.74) is 0.536. The molecule has 0 aliphatic heterocycles. The summed E-state index contributed by atoms with van der Waals surface area (Å²) in [6.07, 6.45) is 9.19. The SMILES string of the molecule is C[C@@H]1[C@@H]2CC[C@@H]([C@@H](C3CCC[C@@H](O)C3)C2)C1(C)C. The molecule has 4 saturated carbocycles. The molecule has 4 fully saturated rings. The highest BCUT2D eigenvalue weighted by molar-refractivity contribution is 5.02. The van der Waals surface area contributed by atoms with Gasteiger partial charge in [0.2, 0.25) is 0 Å². The molecule has 1 nitrogen and oxygen atoms in total. The molecule has 0 saturated heterocycles. The maximum Gasteiger partial charge on any atom is 0.0543 e. The van der Waals surface area contributed by atoms with Gasteiger partial charge in [0.1, 0.15) is 0 Å². The molecule has 6 atom stereocenters. The van der Waals surface area contributed by atoms with Crippen molar-refractivity contribution in [2.24, 2.45) is 35.0 Å². The van der Waals surface area contributed by atoms with Crippen LogP contribution in [-0.4, -0.2) is 11.2 Å². The smallest absolute Gasteiger partial charge is 0.0543 e. The van der Waals surface area contributed by atoms with Crippen LogP contribution in [0.1, 0.15) is 65.7 Å². The van der Waals surface area contributed by atoms with E-state index >= 15 is 0 Å². The van der Waals surface area contributed by atoms with Crippen LogP contribution in [0.2, 0.25) is 0 Å². The van der Waals surface area contributed by atoms with Gasteiger partial charge in [0.05, 0.1) is 6.10 Å². The van der Waals surface area contributed by atoms with Gasteiger partial charge in [0.15, 0.2) is 0 Å². The minimum Gasteiger partial charge on any atom is -0.393 e.